The minimum atomic E-state index is 0.291. The fourth-order valence-electron chi connectivity index (χ4n) is 1.64. The molecule has 0 aliphatic heterocycles. The van der Waals surface area contributed by atoms with Crippen LogP contribution in [0.15, 0.2) is 36.5 Å². The largest absolute Gasteiger partial charge is 0.368 e. The molecule has 0 spiro atoms. The van der Waals surface area contributed by atoms with Crippen molar-refractivity contribution in [3.63, 3.8) is 0 Å². The van der Waals surface area contributed by atoms with Crippen LogP contribution in [0.2, 0.25) is 0 Å². The number of aryl methyl sites for hydroxylation is 1. The molecule has 0 radical (unpaired) electrons. The molecule has 0 bridgehead atoms. The lowest BCUT2D eigenvalue weighted by Crippen LogP contribution is -2.12. The van der Waals surface area contributed by atoms with E-state index < -0.39 is 0 Å². The summed E-state index contributed by atoms with van der Waals surface area (Å²) in [4.78, 5) is 10.1. The maximum absolute atomic E-state index is 5.57. The van der Waals surface area contributed by atoms with Gasteiger partial charge in [0.25, 0.3) is 0 Å². The van der Waals surface area contributed by atoms with E-state index in [1.165, 1.54) is 5.56 Å². The fourth-order valence-corrected chi connectivity index (χ4v) is 1.64. The number of nitrogens with zero attached hydrogens (tertiary/aromatic N) is 3. The monoisotopic (exact) mass is 228 g/mol. The average Bonchev–Trinajstić information content (AvgIpc) is 2.38. The minimum Gasteiger partial charge on any atom is -0.368 e. The van der Waals surface area contributed by atoms with E-state index in [-0.39, 0.29) is 0 Å². The molecule has 1 aromatic carbocycles. The zero-order valence-electron chi connectivity index (χ0n) is 10.1. The van der Waals surface area contributed by atoms with Crippen molar-refractivity contribution in [2.24, 2.45) is 0 Å². The van der Waals surface area contributed by atoms with Crippen LogP contribution in [0, 0.1) is 0 Å². The first kappa shape index (κ1) is 11.4. The van der Waals surface area contributed by atoms with Gasteiger partial charge in [0.2, 0.25) is 5.95 Å². The number of aromatic nitrogens is 2. The van der Waals surface area contributed by atoms with E-state index in [9.17, 15) is 0 Å². The van der Waals surface area contributed by atoms with Crippen molar-refractivity contribution in [3.8, 4) is 0 Å². The summed E-state index contributed by atoms with van der Waals surface area (Å²) in [6, 6.07) is 10.2. The summed E-state index contributed by atoms with van der Waals surface area (Å²) in [5.41, 5.74) is 7.98. The van der Waals surface area contributed by atoms with E-state index in [0.29, 0.717) is 5.95 Å². The van der Waals surface area contributed by atoms with E-state index in [1.54, 1.807) is 6.20 Å². The molecule has 0 atom stereocenters. The highest BCUT2D eigenvalue weighted by Crippen LogP contribution is 2.21. The molecule has 0 aliphatic rings. The highest BCUT2D eigenvalue weighted by Gasteiger charge is 2.05. The van der Waals surface area contributed by atoms with Crippen LogP contribution < -0.4 is 10.6 Å². The number of rotatable bonds is 3. The van der Waals surface area contributed by atoms with Crippen molar-refractivity contribution in [2.75, 3.05) is 17.7 Å². The van der Waals surface area contributed by atoms with Gasteiger partial charge >= 0.3 is 0 Å². The molecule has 88 valence electrons. The Balaban J connectivity index is 2.27. The standard InChI is InChI=1S/C13H16N4/c1-3-10-4-6-11(7-5-10)17(2)12-8-9-15-13(14)16-12/h4-9H,3H2,1-2H3,(H2,14,15,16). The van der Waals surface area contributed by atoms with Crippen LogP contribution in [0.5, 0.6) is 0 Å². The molecular weight excluding hydrogens is 212 g/mol. The zero-order chi connectivity index (χ0) is 12.3. The SMILES string of the molecule is CCc1ccc(N(C)c2ccnc(N)n2)cc1. The first-order valence-corrected chi connectivity index (χ1v) is 5.62. The van der Waals surface area contributed by atoms with Gasteiger partial charge in [0, 0.05) is 18.9 Å². The highest BCUT2D eigenvalue weighted by molar-refractivity contribution is 5.59. The maximum atomic E-state index is 5.57. The number of hydrogen-bond acceptors (Lipinski definition) is 4. The Bertz CT molecular complexity index is 493. The Morgan fingerprint density at radius 3 is 2.47 bits per heavy atom. The van der Waals surface area contributed by atoms with Gasteiger partial charge < -0.3 is 10.6 Å². The molecule has 17 heavy (non-hydrogen) atoms. The van der Waals surface area contributed by atoms with Crippen LogP contribution in [-0.2, 0) is 6.42 Å². The van der Waals surface area contributed by atoms with Gasteiger partial charge in [-0.1, -0.05) is 19.1 Å². The third-order valence-electron chi connectivity index (χ3n) is 2.74. The quantitative estimate of drug-likeness (QED) is 0.876. The lowest BCUT2D eigenvalue weighted by Gasteiger charge is -2.18. The third kappa shape index (κ3) is 2.53. The summed E-state index contributed by atoms with van der Waals surface area (Å²) in [7, 11) is 1.96. The number of nitrogen functional groups attached to an aromatic ring is 1. The summed E-state index contributed by atoms with van der Waals surface area (Å²) in [5.74, 6) is 1.08. The van der Waals surface area contributed by atoms with Crippen molar-refractivity contribution in [1.82, 2.24) is 9.97 Å². The molecule has 1 aromatic heterocycles. The maximum Gasteiger partial charge on any atom is 0.221 e. The molecule has 2 aromatic rings. The van der Waals surface area contributed by atoms with Crippen molar-refractivity contribution < 1.29 is 0 Å². The topological polar surface area (TPSA) is 55.0 Å². The Morgan fingerprint density at radius 2 is 1.88 bits per heavy atom. The van der Waals surface area contributed by atoms with Gasteiger partial charge in [-0.05, 0) is 30.2 Å². The molecule has 1 heterocycles. The van der Waals surface area contributed by atoms with Gasteiger partial charge in [0.05, 0.1) is 0 Å². The molecule has 4 nitrogen and oxygen atoms in total. The zero-order valence-corrected chi connectivity index (χ0v) is 10.1. The second kappa shape index (κ2) is 4.82. The van der Waals surface area contributed by atoms with Gasteiger partial charge in [-0.3, -0.25) is 0 Å². The second-order valence-electron chi connectivity index (χ2n) is 3.85. The van der Waals surface area contributed by atoms with Crippen molar-refractivity contribution >= 4 is 17.5 Å². The summed E-state index contributed by atoms with van der Waals surface area (Å²) in [6.07, 6.45) is 2.71. The molecule has 0 saturated carbocycles. The summed E-state index contributed by atoms with van der Waals surface area (Å²) >= 11 is 0. The molecular formula is C13H16N4. The number of anilines is 3. The molecule has 4 heteroatoms. The summed E-state index contributed by atoms with van der Waals surface area (Å²) < 4.78 is 0. The van der Waals surface area contributed by atoms with Crippen LogP contribution in [0.3, 0.4) is 0 Å². The lowest BCUT2D eigenvalue weighted by molar-refractivity contribution is 1.08. The molecule has 2 rings (SSSR count). The van der Waals surface area contributed by atoms with E-state index in [4.69, 9.17) is 5.73 Å². The molecule has 0 amide bonds. The highest BCUT2D eigenvalue weighted by atomic mass is 15.2. The second-order valence-corrected chi connectivity index (χ2v) is 3.85. The predicted molar refractivity (Wildman–Crippen MR) is 70.3 cm³/mol. The minimum absolute atomic E-state index is 0.291. The van der Waals surface area contributed by atoms with Crippen molar-refractivity contribution in [1.29, 1.82) is 0 Å². The fraction of sp³-hybridized carbons (Fsp3) is 0.231. The van der Waals surface area contributed by atoms with Gasteiger partial charge in [-0.2, -0.15) is 4.98 Å². The molecule has 0 unspecified atom stereocenters. The first-order chi connectivity index (χ1) is 8.20. The smallest absolute Gasteiger partial charge is 0.221 e. The molecule has 2 N–H and O–H groups in total. The first-order valence-electron chi connectivity index (χ1n) is 5.62. The van der Waals surface area contributed by atoms with E-state index >= 15 is 0 Å². The normalized spacial score (nSPS) is 10.2. The van der Waals surface area contributed by atoms with Crippen molar-refractivity contribution in [2.45, 2.75) is 13.3 Å². The Labute approximate surface area is 101 Å². The summed E-state index contributed by atoms with van der Waals surface area (Å²) in [6.45, 7) is 2.14. The number of nitrogens with two attached hydrogens (primary N) is 1. The Hall–Kier alpha value is -2.10. The van der Waals surface area contributed by atoms with Gasteiger partial charge in [0.1, 0.15) is 5.82 Å². The predicted octanol–water partition coefficient (Wildman–Crippen LogP) is 2.39. The third-order valence-corrected chi connectivity index (χ3v) is 2.74. The number of benzene rings is 1. The van der Waals surface area contributed by atoms with Gasteiger partial charge in [-0.25, -0.2) is 4.98 Å². The molecule has 0 saturated heterocycles. The Kier molecular flexibility index (Phi) is 3.23. The van der Waals surface area contributed by atoms with E-state index in [0.717, 1.165) is 17.9 Å². The molecule has 0 aliphatic carbocycles. The van der Waals surface area contributed by atoms with Gasteiger partial charge in [-0.15, -0.1) is 0 Å². The summed E-state index contributed by atoms with van der Waals surface area (Å²) in [5, 5.41) is 0. The number of hydrogen-bond donors (Lipinski definition) is 1. The van der Waals surface area contributed by atoms with Crippen LogP contribution in [0.1, 0.15) is 12.5 Å². The molecule has 0 fully saturated rings. The van der Waals surface area contributed by atoms with E-state index in [2.05, 4.69) is 41.2 Å². The van der Waals surface area contributed by atoms with Crippen LogP contribution in [0.4, 0.5) is 17.5 Å². The average molecular weight is 228 g/mol. The van der Waals surface area contributed by atoms with Gasteiger partial charge in [0.15, 0.2) is 0 Å². The van der Waals surface area contributed by atoms with Crippen LogP contribution in [-0.4, -0.2) is 17.0 Å². The van der Waals surface area contributed by atoms with Crippen molar-refractivity contribution in [3.05, 3.63) is 42.1 Å². The lowest BCUT2D eigenvalue weighted by atomic mass is 10.1. The van der Waals surface area contributed by atoms with E-state index in [1.807, 2.05) is 18.0 Å². The Morgan fingerprint density at radius 1 is 1.18 bits per heavy atom. The van der Waals surface area contributed by atoms with Crippen LogP contribution in [0.25, 0.3) is 0 Å². The van der Waals surface area contributed by atoms with Crippen LogP contribution >= 0.6 is 0 Å².